The summed E-state index contributed by atoms with van der Waals surface area (Å²) in [6.07, 6.45) is 2.09. The number of hydrogen-bond acceptors (Lipinski definition) is 4. The van der Waals surface area contributed by atoms with E-state index in [1.54, 1.807) is 6.07 Å². The lowest BCUT2D eigenvalue weighted by Gasteiger charge is -2.08. The molecule has 128 valence electrons. The Morgan fingerprint density at radius 1 is 1.20 bits per heavy atom. The van der Waals surface area contributed by atoms with Gasteiger partial charge in [0.05, 0.1) is 17.2 Å². The molecular formula is C19H17FN2O3. The SMILES string of the molecule is Cc1cccc2c(=O)n(CCCC(=O)Oc3ccc(F)cc3)cnc12. The van der Waals surface area contributed by atoms with Gasteiger partial charge in [-0.25, -0.2) is 9.37 Å². The predicted molar refractivity (Wildman–Crippen MR) is 92.0 cm³/mol. The van der Waals surface area contributed by atoms with Crippen LogP contribution in [0.2, 0.25) is 0 Å². The molecule has 25 heavy (non-hydrogen) atoms. The average Bonchev–Trinajstić information content (AvgIpc) is 2.60. The van der Waals surface area contributed by atoms with E-state index < -0.39 is 11.8 Å². The van der Waals surface area contributed by atoms with Gasteiger partial charge in [-0.2, -0.15) is 0 Å². The molecule has 0 bridgehead atoms. The van der Waals surface area contributed by atoms with Gasteiger partial charge in [0.2, 0.25) is 0 Å². The number of carbonyl (C=O) groups is 1. The third-order valence-corrected chi connectivity index (χ3v) is 3.88. The molecule has 0 atom stereocenters. The molecule has 3 aromatic rings. The van der Waals surface area contributed by atoms with Gasteiger partial charge >= 0.3 is 5.97 Å². The fourth-order valence-corrected chi connectivity index (χ4v) is 2.58. The molecule has 1 heterocycles. The highest BCUT2D eigenvalue weighted by Crippen LogP contribution is 2.13. The van der Waals surface area contributed by atoms with Crippen molar-refractivity contribution in [3.63, 3.8) is 0 Å². The van der Waals surface area contributed by atoms with E-state index in [4.69, 9.17) is 4.74 Å². The third kappa shape index (κ3) is 3.91. The van der Waals surface area contributed by atoms with Gasteiger partial charge in [0, 0.05) is 13.0 Å². The zero-order valence-corrected chi connectivity index (χ0v) is 13.7. The number of ether oxygens (including phenoxy) is 1. The van der Waals surface area contributed by atoms with Crippen molar-refractivity contribution in [2.75, 3.05) is 0 Å². The summed E-state index contributed by atoms with van der Waals surface area (Å²) in [6.45, 7) is 2.28. The molecule has 0 fully saturated rings. The van der Waals surface area contributed by atoms with Crippen LogP contribution >= 0.6 is 0 Å². The van der Waals surface area contributed by atoms with Crippen LogP contribution in [-0.4, -0.2) is 15.5 Å². The largest absolute Gasteiger partial charge is 0.427 e. The standard InChI is InChI=1S/C19H17FN2O3/c1-13-4-2-5-16-18(13)21-12-22(19(16)24)11-3-6-17(23)25-15-9-7-14(20)8-10-15/h2,4-5,7-10,12H,3,6,11H2,1H3. The summed E-state index contributed by atoms with van der Waals surface area (Å²) in [4.78, 5) is 28.6. The highest BCUT2D eigenvalue weighted by Gasteiger charge is 2.08. The first kappa shape index (κ1) is 16.8. The fourth-order valence-electron chi connectivity index (χ4n) is 2.58. The number of esters is 1. The lowest BCUT2D eigenvalue weighted by atomic mass is 10.1. The van der Waals surface area contributed by atoms with Crippen molar-refractivity contribution in [3.8, 4) is 5.75 Å². The van der Waals surface area contributed by atoms with Crippen LogP contribution < -0.4 is 10.3 Å². The average molecular weight is 340 g/mol. The Morgan fingerprint density at radius 3 is 2.72 bits per heavy atom. The van der Waals surface area contributed by atoms with Crippen LogP contribution in [0.25, 0.3) is 10.9 Å². The molecule has 1 aromatic heterocycles. The summed E-state index contributed by atoms with van der Waals surface area (Å²) in [7, 11) is 0. The number of aromatic nitrogens is 2. The Balaban J connectivity index is 1.61. The molecule has 0 aliphatic carbocycles. The summed E-state index contributed by atoms with van der Waals surface area (Å²) >= 11 is 0. The number of hydrogen-bond donors (Lipinski definition) is 0. The Kier molecular flexibility index (Phi) is 4.88. The van der Waals surface area contributed by atoms with E-state index in [0.717, 1.165) is 5.56 Å². The number of aryl methyl sites for hydroxylation is 2. The minimum absolute atomic E-state index is 0.124. The van der Waals surface area contributed by atoms with Crippen molar-refractivity contribution in [2.45, 2.75) is 26.3 Å². The summed E-state index contributed by atoms with van der Waals surface area (Å²) < 4.78 is 19.4. The molecule has 6 heteroatoms. The number of rotatable bonds is 5. The van der Waals surface area contributed by atoms with E-state index in [0.29, 0.717) is 29.6 Å². The molecule has 0 aliphatic rings. The molecule has 2 aromatic carbocycles. The van der Waals surface area contributed by atoms with Gasteiger partial charge in [0.15, 0.2) is 0 Å². The molecule has 5 nitrogen and oxygen atoms in total. The van der Waals surface area contributed by atoms with Crippen LogP contribution in [0.1, 0.15) is 18.4 Å². The zero-order chi connectivity index (χ0) is 17.8. The van der Waals surface area contributed by atoms with Gasteiger partial charge in [-0.15, -0.1) is 0 Å². The number of fused-ring (bicyclic) bond motifs is 1. The van der Waals surface area contributed by atoms with E-state index >= 15 is 0 Å². The fraction of sp³-hybridized carbons (Fsp3) is 0.211. The van der Waals surface area contributed by atoms with Crippen molar-refractivity contribution in [3.05, 3.63) is 70.5 Å². The highest BCUT2D eigenvalue weighted by atomic mass is 19.1. The topological polar surface area (TPSA) is 61.2 Å². The van der Waals surface area contributed by atoms with E-state index in [-0.39, 0.29) is 12.0 Å². The number of benzene rings is 2. The molecule has 0 N–H and O–H groups in total. The minimum Gasteiger partial charge on any atom is -0.427 e. The molecule has 0 unspecified atom stereocenters. The van der Waals surface area contributed by atoms with Crippen LogP contribution in [0.3, 0.4) is 0 Å². The molecule has 0 saturated carbocycles. The number of nitrogens with zero attached hydrogens (tertiary/aromatic N) is 2. The van der Waals surface area contributed by atoms with Crippen LogP contribution in [0.4, 0.5) is 4.39 Å². The number of carbonyl (C=O) groups excluding carboxylic acids is 1. The van der Waals surface area contributed by atoms with Crippen molar-refractivity contribution in [2.24, 2.45) is 0 Å². The Morgan fingerprint density at radius 2 is 1.96 bits per heavy atom. The first-order valence-corrected chi connectivity index (χ1v) is 7.95. The molecule has 3 rings (SSSR count). The maximum atomic E-state index is 12.8. The molecule has 0 aliphatic heterocycles. The van der Waals surface area contributed by atoms with E-state index in [2.05, 4.69) is 4.98 Å². The van der Waals surface area contributed by atoms with Crippen LogP contribution in [0.15, 0.2) is 53.6 Å². The quantitative estimate of drug-likeness (QED) is 0.528. The van der Waals surface area contributed by atoms with Gasteiger partial charge < -0.3 is 4.74 Å². The Bertz CT molecular complexity index is 965. The first-order chi connectivity index (χ1) is 12.0. The van der Waals surface area contributed by atoms with Gasteiger partial charge in [0.25, 0.3) is 5.56 Å². The van der Waals surface area contributed by atoms with Crippen LogP contribution in [-0.2, 0) is 11.3 Å². The van der Waals surface area contributed by atoms with Crippen LogP contribution in [0.5, 0.6) is 5.75 Å². The molecule has 0 saturated heterocycles. The van der Waals surface area contributed by atoms with E-state index in [9.17, 15) is 14.0 Å². The third-order valence-electron chi connectivity index (χ3n) is 3.88. The summed E-state index contributed by atoms with van der Waals surface area (Å²) in [5.41, 5.74) is 1.52. The molecular weight excluding hydrogens is 323 g/mol. The van der Waals surface area contributed by atoms with Crippen molar-refractivity contribution < 1.29 is 13.9 Å². The second-order valence-electron chi connectivity index (χ2n) is 5.75. The lowest BCUT2D eigenvalue weighted by Crippen LogP contribution is -2.21. The monoisotopic (exact) mass is 340 g/mol. The number of halogens is 1. The zero-order valence-electron chi connectivity index (χ0n) is 13.7. The van der Waals surface area contributed by atoms with Gasteiger partial charge in [-0.1, -0.05) is 12.1 Å². The summed E-state index contributed by atoms with van der Waals surface area (Å²) in [6, 6.07) is 10.7. The first-order valence-electron chi connectivity index (χ1n) is 7.95. The normalized spacial score (nSPS) is 10.8. The maximum absolute atomic E-state index is 12.8. The smallest absolute Gasteiger partial charge is 0.311 e. The van der Waals surface area contributed by atoms with E-state index in [1.165, 1.54) is 35.2 Å². The summed E-state index contributed by atoms with van der Waals surface area (Å²) in [5.74, 6) is -0.520. The minimum atomic E-state index is -0.427. The van der Waals surface area contributed by atoms with Gasteiger partial charge in [-0.3, -0.25) is 14.2 Å². The van der Waals surface area contributed by atoms with Crippen molar-refractivity contribution in [1.82, 2.24) is 9.55 Å². The Labute approximate surface area is 143 Å². The Hall–Kier alpha value is -3.02. The molecule has 0 radical (unpaired) electrons. The molecule has 0 spiro atoms. The lowest BCUT2D eigenvalue weighted by molar-refractivity contribution is -0.134. The maximum Gasteiger partial charge on any atom is 0.311 e. The second kappa shape index (κ2) is 7.25. The highest BCUT2D eigenvalue weighted by molar-refractivity contribution is 5.80. The van der Waals surface area contributed by atoms with E-state index in [1.807, 2.05) is 19.1 Å². The van der Waals surface area contributed by atoms with Gasteiger partial charge in [-0.05, 0) is 49.2 Å². The van der Waals surface area contributed by atoms with Gasteiger partial charge in [0.1, 0.15) is 11.6 Å². The second-order valence-corrected chi connectivity index (χ2v) is 5.75. The van der Waals surface area contributed by atoms with Crippen molar-refractivity contribution >= 4 is 16.9 Å². The number of para-hydroxylation sites is 1. The predicted octanol–water partition coefficient (Wildman–Crippen LogP) is 3.23. The van der Waals surface area contributed by atoms with Crippen molar-refractivity contribution in [1.29, 1.82) is 0 Å². The van der Waals surface area contributed by atoms with Crippen LogP contribution in [0, 0.1) is 12.7 Å². The summed E-state index contributed by atoms with van der Waals surface area (Å²) in [5, 5.41) is 0.566. The molecule has 0 amide bonds.